The van der Waals surface area contributed by atoms with Crippen molar-refractivity contribution in [3.05, 3.63) is 86.6 Å². The van der Waals surface area contributed by atoms with Crippen LogP contribution in [0.25, 0.3) is 11.3 Å². The largest absolute Gasteiger partial charge is 0.506 e. The highest BCUT2D eigenvalue weighted by Gasteiger charge is 2.44. The van der Waals surface area contributed by atoms with Gasteiger partial charge in [-0.2, -0.15) is 0 Å². The summed E-state index contributed by atoms with van der Waals surface area (Å²) >= 11 is 0. The molecule has 3 aromatic rings. The molecule has 35 heavy (non-hydrogen) atoms. The van der Waals surface area contributed by atoms with Crippen LogP contribution in [0.4, 0.5) is 4.39 Å². The van der Waals surface area contributed by atoms with E-state index in [1.165, 1.54) is 0 Å². The maximum atomic E-state index is 14.7. The van der Waals surface area contributed by atoms with Gasteiger partial charge in [-0.1, -0.05) is 17.3 Å². The Morgan fingerprint density at radius 2 is 2.11 bits per heavy atom. The SMILES string of the molecule is CC1=CC(C)(OCc2noc(=O)[nH]2)C2OCCC2=C1Cc1ccc(O)c(-c2cccc(C)c2F)n1. The Morgan fingerprint density at radius 3 is 2.89 bits per heavy atom. The van der Waals surface area contributed by atoms with Gasteiger partial charge in [0.1, 0.15) is 35.6 Å². The van der Waals surface area contributed by atoms with Crippen molar-refractivity contribution in [2.75, 3.05) is 6.61 Å². The number of hydrogen-bond donors (Lipinski definition) is 2. The van der Waals surface area contributed by atoms with E-state index < -0.39 is 17.2 Å². The zero-order valence-electron chi connectivity index (χ0n) is 19.7. The molecule has 2 N–H and O–H groups in total. The number of aromatic nitrogens is 3. The topological polar surface area (TPSA) is 110 Å². The zero-order chi connectivity index (χ0) is 24.7. The van der Waals surface area contributed by atoms with Crippen LogP contribution in [0.5, 0.6) is 5.75 Å². The van der Waals surface area contributed by atoms with Crippen LogP contribution >= 0.6 is 0 Å². The lowest BCUT2D eigenvalue weighted by Gasteiger charge is -2.38. The van der Waals surface area contributed by atoms with Crippen molar-refractivity contribution in [2.45, 2.75) is 51.9 Å². The Kier molecular flexibility index (Phi) is 5.90. The molecule has 1 aromatic carbocycles. The lowest BCUT2D eigenvalue weighted by atomic mass is 9.79. The quantitative estimate of drug-likeness (QED) is 0.547. The molecule has 1 aliphatic carbocycles. The summed E-state index contributed by atoms with van der Waals surface area (Å²) in [5.41, 5.74) is 4.18. The van der Waals surface area contributed by atoms with Crippen LogP contribution in [-0.4, -0.2) is 38.5 Å². The van der Waals surface area contributed by atoms with E-state index in [2.05, 4.69) is 19.6 Å². The number of allylic oxidation sites excluding steroid dienone is 2. The van der Waals surface area contributed by atoms with Gasteiger partial charge < -0.3 is 14.6 Å². The van der Waals surface area contributed by atoms with Crippen LogP contribution in [0.3, 0.4) is 0 Å². The summed E-state index contributed by atoms with van der Waals surface area (Å²) in [6.45, 7) is 6.27. The molecule has 0 amide bonds. The number of fused-ring (bicyclic) bond motifs is 1. The van der Waals surface area contributed by atoms with Crippen LogP contribution in [0.1, 0.15) is 37.4 Å². The van der Waals surface area contributed by atoms with Crippen molar-refractivity contribution >= 4 is 0 Å². The number of aryl methyl sites for hydroxylation is 1. The number of nitrogens with one attached hydrogen (secondary N) is 1. The van der Waals surface area contributed by atoms with Crippen molar-refractivity contribution in [1.82, 2.24) is 15.1 Å². The van der Waals surface area contributed by atoms with Crippen LogP contribution < -0.4 is 5.76 Å². The summed E-state index contributed by atoms with van der Waals surface area (Å²) in [4.78, 5) is 18.3. The highest BCUT2D eigenvalue weighted by molar-refractivity contribution is 5.67. The molecule has 2 aromatic heterocycles. The van der Waals surface area contributed by atoms with Crippen molar-refractivity contribution in [2.24, 2.45) is 0 Å². The second-order valence-electron chi connectivity index (χ2n) is 9.13. The Bertz CT molecular complexity index is 1410. The molecular weight excluding hydrogens is 453 g/mol. The Balaban J connectivity index is 1.44. The van der Waals surface area contributed by atoms with Crippen LogP contribution in [0.15, 0.2) is 62.4 Å². The van der Waals surface area contributed by atoms with Gasteiger partial charge in [0, 0.05) is 17.7 Å². The fraction of sp³-hybridized carbons (Fsp3) is 0.346. The number of ether oxygens (including phenoxy) is 2. The predicted octanol–water partition coefficient (Wildman–Crippen LogP) is 4.14. The molecule has 2 unspecified atom stereocenters. The molecule has 9 heteroatoms. The summed E-state index contributed by atoms with van der Waals surface area (Å²) in [6.07, 6.45) is 2.97. The molecule has 182 valence electrons. The van der Waals surface area contributed by atoms with Gasteiger partial charge in [0.15, 0.2) is 5.82 Å². The van der Waals surface area contributed by atoms with Gasteiger partial charge >= 0.3 is 5.76 Å². The van der Waals surface area contributed by atoms with Crippen molar-refractivity contribution in [3.8, 4) is 17.0 Å². The normalized spacial score (nSPS) is 21.8. The molecule has 1 saturated heterocycles. The molecule has 8 nitrogen and oxygen atoms in total. The van der Waals surface area contributed by atoms with Crippen LogP contribution in [0.2, 0.25) is 0 Å². The number of nitrogens with zero attached hydrogens (tertiary/aromatic N) is 2. The molecule has 1 fully saturated rings. The van der Waals surface area contributed by atoms with Gasteiger partial charge in [-0.05, 0) is 73.7 Å². The Morgan fingerprint density at radius 1 is 1.29 bits per heavy atom. The summed E-state index contributed by atoms with van der Waals surface area (Å²) in [6, 6.07) is 8.36. The number of halogens is 1. The van der Waals surface area contributed by atoms with E-state index in [-0.39, 0.29) is 29.7 Å². The highest BCUT2D eigenvalue weighted by Crippen LogP contribution is 2.42. The smallest absolute Gasteiger partial charge is 0.438 e. The first-order valence-corrected chi connectivity index (χ1v) is 11.4. The van der Waals surface area contributed by atoms with E-state index in [4.69, 9.17) is 9.47 Å². The molecular formula is C26H26FN3O5. The molecule has 0 saturated carbocycles. The lowest BCUT2D eigenvalue weighted by Crippen LogP contribution is -2.43. The first kappa shape index (κ1) is 23.2. The van der Waals surface area contributed by atoms with Gasteiger partial charge in [0.2, 0.25) is 0 Å². The van der Waals surface area contributed by atoms with Gasteiger partial charge in [-0.15, -0.1) is 0 Å². The fourth-order valence-electron chi connectivity index (χ4n) is 4.90. The highest BCUT2D eigenvalue weighted by atomic mass is 19.1. The maximum Gasteiger partial charge on any atom is 0.438 e. The molecule has 0 spiro atoms. The second kappa shape index (κ2) is 8.90. The summed E-state index contributed by atoms with van der Waals surface area (Å²) < 4.78 is 31.5. The maximum absolute atomic E-state index is 14.7. The number of pyridine rings is 1. The lowest BCUT2D eigenvalue weighted by molar-refractivity contribution is -0.0897. The molecule has 5 rings (SSSR count). The van der Waals surface area contributed by atoms with E-state index in [0.717, 1.165) is 23.1 Å². The summed E-state index contributed by atoms with van der Waals surface area (Å²) in [5, 5.41) is 14.1. The standard InChI is InChI=1S/C26H26FN3O5/c1-14-5-4-6-18(22(14)27)23-20(31)8-7-16(28-23)11-19-15(2)12-26(3,24-17(19)9-10-33-24)34-13-21-29-25(32)35-30-21/h4-8,12,24,31H,9-11,13H2,1-3H3,(H,29,30,32). The second-order valence-corrected chi connectivity index (χ2v) is 9.13. The number of H-pyrrole nitrogens is 1. The monoisotopic (exact) mass is 479 g/mol. The summed E-state index contributed by atoms with van der Waals surface area (Å²) in [7, 11) is 0. The van der Waals surface area contributed by atoms with Gasteiger partial charge in [0.05, 0.1) is 6.61 Å². The van der Waals surface area contributed by atoms with Gasteiger partial charge in [-0.25, -0.2) is 14.2 Å². The van der Waals surface area contributed by atoms with Crippen molar-refractivity contribution in [3.63, 3.8) is 0 Å². The van der Waals surface area contributed by atoms with Gasteiger partial charge in [0.25, 0.3) is 0 Å². The zero-order valence-corrected chi connectivity index (χ0v) is 19.7. The third-order valence-electron chi connectivity index (χ3n) is 6.60. The molecule has 1 aliphatic heterocycles. The molecule has 2 aliphatic rings. The number of rotatable bonds is 6. The van der Waals surface area contributed by atoms with Crippen molar-refractivity contribution < 1.29 is 23.5 Å². The Labute approximate surface area is 201 Å². The minimum absolute atomic E-state index is 0.0687. The minimum atomic E-state index is -0.756. The van der Waals surface area contributed by atoms with Crippen LogP contribution in [0, 0.1) is 12.7 Å². The molecule has 2 atom stereocenters. The first-order valence-electron chi connectivity index (χ1n) is 11.4. The van der Waals surface area contributed by atoms with E-state index in [0.29, 0.717) is 30.1 Å². The van der Waals surface area contributed by atoms with E-state index >= 15 is 0 Å². The Hall–Kier alpha value is -3.56. The third kappa shape index (κ3) is 4.33. The number of aromatic amines is 1. The van der Waals surface area contributed by atoms with Crippen molar-refractivity contribution in [1.29, 1.82) is 0 Å². The summed E-state index contributed by atoms with van der Waals surface area (Å²) in [5.74, 6) is -0.786. The average molecular weight is 480 g/mol. The van der Waals surface area contributed by atoms with E-state index in [1.807, 2.05) is 19.9 Å². The minimum Gasteiger partial charge on any atom is -0.506 e. The first-order chi connectivity index (χ1) is 16.7. The average Bonchev–Trinajstić information content (AvgIpc) is 3.48. The molecule has 3 heterocycles. The van der Waals surface area contributed by atoms with Crippen LogP contribution in [-0.2, 0) is 22.5 Å². The number of hydrogen-bond acceptors (Lipinski definition) is 7. The van der Waals surface area contributed by atoms with E-state index in [1.54, 1.807) is 37.3 Å². The fourth-order valence-corrected chi connectivity index (χ4v) is 4.90. The number of aromatic hydroxyl groups is 1. The van der Waals surface area contributed by atoms with E-state index in [9.17, 15) is 14.3 Å². The third-order valence-corrected chi connectivity index (χ3v) is 6.60. The predicted molar refractivity (Wildman–Crippen MR) is 125 cm³/mol. The number of benzene rings is 1. The molecule has 0 radical (unpaired) electrons. The molecule has 0 bridgehead atoms. The van der Waals surface area contributed by atoms with Gasteiger partial charge in [-0.3, -0.25) is 9.51 Å².